The lowest BCUT2D eigenvalue weighted by Crippen LogP contribution is -2.41. The first kappa shape index (κ1) is 20.6. The zero-order valence-corrected chi connectivity index (χ0v) is 14.4. The van der Waals surface area contributed by atoms with Crippen LogP contribution in [0.3, 0.4) is 0 Å². The standard InChI is InChI=1S/C17H13F6N5O/c18-9-2-1-7(27-16(29)12-6-25-11(5-26-12)14(20)21)3-8(9)13-17(22,23)4-10(19)15(24)28-13/h1-3,5-6,10,13-14H,4H2,(H2,24,28)(H,27,29). The maximum absolute atomic E-state index is 14.2. The van der Waals surface area contributed by atoms with Crippen LogP contribution in [0.15, 0.2) is 35.6 Å². The minimum absolute atomic E-state index is 0.0990. The van der Waals surface area contributed by atoms with E-state index in [0.29, 0.717) is 6.20 Å². The molecule has 0 fully saturated rings. The van der Waals surface area contributed by atoms with Gasteiger partial charge in [0, 0.05) is 11.3 Å². The normalized spacial score (nSPS) is 21.0. The summed E-state index contributed by atoms with van der Waals surface area (Å²) in [6.45, 7) is 0. The summed E-state index contributed by atoms with van der Waals surface area (Å²) in [4.78, 5) is 22.4. The van der Waals surface area contributed by atoms with Gasteiger partial charge in [-0.15, -0.1) is 0 Å². The number of carbonyl (C=O) groups excluding carboxylic acids is 1. The third-order valence-electron chi connectivity index (χ3n) is 4.13. The van der Waals surface area contributed by atoms with Crippen molar-refractivity contribution >= 4 is 17.4 Å². The fourth-order valence-electron chi connectivity index (χ4n) is 2.67. The number of nitrogens with one attached hydrogen (secondary N) is 1. The third kappa shape index (κ3) is 4.30. The molecule has 12 heteroatoms. The molecular weight excluding hydrogens is 404 g/mol. The molecule has 3 rings (SSSR count). The summed E-state index contributed by atoms with van der Waals surface area (Å²) in [6.07, 6.45) is -4.75. The molecular formula is C17H13F6N5O. The van der Waals surface area contributed by atoms with Crippen molar-refractivity contribution in [2.75, 3.05) is 5.32 Å². The van der Waals surface area contributed by atoms with E-state index < -0.39 is 59.8 Å². The molecule has 0 saturated carbocycles. The molecule has 2 aromatic rings. The molecule has 6 nitrogen and oxygen atoms in total. The van der Waals surface area contributed by atoms with E-state index in [2.05, 4.69) is 20.3 Å². The van der Waals surface area contributed by atoms with Gasteiger partial charge in [-0.2, -0.15) is 0 Å². The molecule has 0 radical (unpaired) electrons. The number of alkyl halides is 5. The van der Waals surface area contributed by atoms with Crippen LogP contribution in [0.5, 0.6) is 0 Å². The van der Waals surface area contributed by atoms with Gasteiger partial charge in [-0.3, -0.25) is 14.8 Å². The number of nitrogens with zero attached hydrogens (tertiary/aromatic N) is 3. The summed E-state index contributed by atoms with van der Waals surface area (Å²) >= 11 is 0. The molecule has 1 aromatic carbocycles. The molecule has 1 amide bonds. The summed E-state index contributed by atoms with van der Waals surface area (Å²) in [7, 11) is 0. The number of halogens is 6. The summed E-state index contributed by atoms with van der Waals surface area (Å²) in [5.74, 6) is -6.33. The maximum atomic E-state index is 14.2. The maximum Gasteiger partial charge on any atom is 0.281 e. The highest BCUT2D eigenvalue weighted by atomic mass is 19.3. The van der Waals surface area contributed by atoms with Gasteiger partial charge in [-0.1, -0.05) is 0 Å². The highest BCUT2D eigenvalue weighted by molar-refractivity contribution is 6.02. The Bertz CT molecular complexity index is 950. The largest absolute Gasteiger partial charge is 0.385 e. The van der Waals surface area contributed by atoms with Gasteiger partial charge in [0.25, 0.3) is 18.3 Å². The van der Waals surface area contributed by atoms with Gasteiger partial charge in [-0.05, 0) is 18.2 Å². The van der Waals surface area contributed by atoms with Gasteiger partial charge in [0.05, 0.1) is 18.8 Å². The molecule has 0 aliphatic carbocycles. The van der Waals surface area contributed by atoms with Gasteiger partial charge in [-0.25, -0.2) is 31.3 Å². The van der Waals surface area contributed by atoms with E-state index in [1.807, 2.05) is 0 Å². The van der Waals surface area contributed by atoms with Crippen LogP contribution >= 0.6 is 0 Å². The summed E-state index contributed by atoms with van der Waals surface area (Å²) in [5, 5.41) is 2.27. The lowest BCUT2D eigenvalue weighted by molar-refractivity contribution is -0.0511. The highest BCUT2D eigenvalue weighted by Gasteiger charge is 2.48. The van der Waals surface area contributed by atoms with Crippen LogP contribution in [0.25, 0.3) is 0 Å². The van der Waals surface area contributed by atoms with Crippen molar-refractivity contribution in [3.8, 4) is 0 Å². The van der Waals surface area contributed by atoms with Crippen molar-refractivity contribution in [1.82, 2.24) is 9.97 Å². The van der Waals surface area contributed by atoms with Crippen LogP contribution in [0.1, 0.15) is 40.6 Å². The van der Waals surface area contributed by atoms with E-state index >= 15 is 0 Å². The molecule has 29 heavy (non-hydrogen) atoms. The van der Waals surface area contributed by atoms with Crippen LogP contribution in [-0.4, -0.2) is 33.8 Å². The van der Waals surface area contributed by atoms with E-state index in [4.69, 9.17) is 5.73 Å². The molecule has 2 heterocycles. The molecule has 2 atom stereocenters. The summed E-state index contributed by atoms with van der Waals surface area (Å²) < 4.78 is 80.9. The monoisotopic (exact) mass is 417 g/mol. The molecule has 2 unspecified atom stereocenters. The Hall–Kier alpha value is -3.18. The lowest BCUT2D eigenvalue weighted by atomic mass is 9.93. The van der Waals surface area contributed by atoms with Crippen molar-refractivity contribution in [3.63, 3.8) is 0 Å². The molecule has 0 bridgehead atoms. The number of amidine groups is 1. The van der Waals surface area contributed by atoms with Crippen molar-refractivity contribution in [2.24, 2.45) is 10.7 Å². The molecule has 1 aromatic heterocycles. The van der Waals surface area contributed by atoms with Crippen LogP contribution in [0, 0.1) is 5.82 Å². The Kier molecular flexibility index (Phi) is 5.44. The van der Waals surface area contributed by atoms with Crippen LogP contribution in [-0.2, 0) is 0 Å². The summed E-state index contributed by atoms with van der Waals surface area (Å²) in [6, 6.07) is 0.738. The van der Waals surface area contributed by atoms with E-state index in [9.17, 15) is 31.1 Å². The number of rotatable bonds is 4. The molecule has 0 saturated heterocycles. The average molecular weight is 417 g/mol. The smallest absolute Gasteiger partial charge is 0.281 e. The van der Waals surface area contributed by atoms with Crippen LogP contribution < -0.4 is 11.1 Å². The molecule has 0 spiro atoms. The number of anilines is 1. The first-order valence-electron chi connectivity index (χ1n) is 8.14. The van der Waals surface area contributed by atoms with E-state index in [-0.39, 0.29) is 11.4 Å². The predicted octanol–water partition coefficient (Wildman–Crippen LogP) is 3.58. The molecule has 154 valence electrons. The number of aliphatic imine (C=N–C) groups is 1. The number of nitrogens with two attached hydrogens (primary N) is 1. The predicted molar refractivity (Wildman–Crippen MR) is 90.2 cm³/mol. The zero-order valence-electron chi connectivity index (χ0n) is 14.4. The van der Waals surface area contributed by atoms with Crippen molar-refractivity contribution in [3.05, 3.63) is 53.4 Å². The van der Waals surface area contributed by atoms with Gasteiger partial charge < -0.3 is 11.1 Å². The van der Waals surface area contributed by atoms with Crippen molar-refractivity contribution in [2.45, 2.75) is 31.0 Å². The van der Waals surface area contributed by atoms with E-state index in [1.165, 1.54) is 0 Å². The van der Waals surface area contributed by atoms with Crippen molar-refractivity contribution in [1.29, 1.82) is 0 Å². The summed E-state index contributed by atoms with van der Waals surface area (Å²) in [5.41, 5.74) is 3.63. The Labute approximate surface area is 159 Å². The number of aromatic nitrogens is 2. The van der Waals surface area contributed by atoms with E-state index in [1.54, 1.807) is 0 Å². The number of hydrogen-bond acceptors (Lipinski definition) is 5. The number of amides is 1. The Balaban J connectivity index is 1.86. The van der Waals surface area contributed by atoms with Gasteiger partial charge in [0.2, 0.25) is 0 Å². The average Bonchev–Trinajstić information content (AvgIpc) is 2.66. The molecule has 1 aliphatic heterocycles. The SMILES string of the molecule is NC1=NC(c2cc(NC(=O)c3cnc(C(F)F)cn3)ccc2F)C(F)(F)CC1F. The van der Waals surface area contributed by atoms with E-state index in [0.717, 1.165) is 24.4 Å². The van der Waals surface area contributed by atoms with Gasteiger partial charge in [0.1, 0.15) is 29.1 Å². The topological polar surface area (TPSA) is 93.3 Å². The Morgan fingerprint density at radius 1 is 1.24 bits per heavy atom. The second-order valence-electron chi connectivity index (χ2n) is 6.21. The molecule has 3 N–H and O–H groups in total. The first-order chi connectivity index (χ1) is 13.6. The number of benzene rings is 1. The fourth-order valence-corrected chi connectivity index (χ4v) is 2.67. The lowest BCUT2D eigenvalue weighted by Gasteiger charge is -2.30. The van der Waals surface area contributed by atoms with Gasteiger partial charge >= 0.3 is 0 Å². The zero-order chi connectivity index (χ0) is 21.3. The second-order valence-corrected chi connectivity index (χ2v) is 6.21. The van der Waals surface area contributed by atoms with Crippen molar-refractivity contribution < 1.29 is 31.1 Å². The molecule has 1 aliphatic rings. The minimum Gasteiger partial charge on any atom is -0.385 e. The third-order valence-corrected chi connectivity index (χ3v) is 4.13. The number of hydrogen-bond donors (Lipinski definition) is 2. The van der Waals surface area contributed by atoms with Gasteiger partial charge in [0.15, 0.2) is 6.17 Å². The van der Waals surface area contributed by atoms with Crippen LogP contribution in [0.2, 0.25) is 0 Å². The fraction of sp³-hybridized carbons (Fsp3) is 0.294. The Morgan fingerprint density at radius 3 is 2.59 bits per heavy atom. The second kappa shape index (κ2) is 7.68. The van der Waals surface area contributed by atoms with Crippen LogP contribution in [0.4, 0.5) is 32.0 Å². The Morgan fingerprint density at radius 2 is 1.97 bits per heavy atom. The first-order valence-corrected chi connectivity index (χ1v) is 8.14. The highest BCUT2D eigenvalue weighted by Crippen LogP contribution is 2.43. The quantitative estimate of drug-likeness (QED) is 0.744. The number of carbonyl (C=O) groups is 1. The minimum atomic E-state index is -3.71.